The highest BCUT2D eigenvalue weighted by atomic mass is 16.6. The van der Waals surface area contributed by atoms with Gasteiger partial charge in [-0.05, 0) is 43.3 Å². The summed E-state index contributed by atoms with van der Waals surface area (Å²) >= 11 is 0. The second-order valence-corrected chi connectivity index (χ2v) is 5.08. The van der Waals surface area contributed by atoms with Crippen LogP contribution in [-0.4, -0.2) is 23.0 Å². The average molecular weight is 323 g/mol. The maximum Gasteiger partial charge on any atom is 0.417 e. The van der Waals surface area contributed by atoms with Gasteiger partial charge >= 0.3 is 6.09 Å². The average Bonchev–Trinajstić information content (AvgIpc) is 2.96. The van der Waals surface area contributed by atoms with Crippen LogP contribution in [0.25, 0.3) is 5.69 Å². The van der Waals surface area contributed by atoms with E-state index in [1.54, 1.807) is 23.9 Å². The van der Waals surface area contributed by atoms with Crippen molar-refractivity contribution in [3.8, 4) is 17.2 Å². The van der Waals surface area contributed by atoms with Crippen LogP contribution in [0.5, 0.6) is 11.5 Å². The number of aromatic nitrogens is 2. The number of amides is 1. The van der Waals surface area contributed by atoms with Crippen molar-refractivity contribution in [1.29, 1.82) is 0 Å². The van der Waals surface area contributed by atoms with Crippen molar-refractivity contribution in [2.24, 2.45) is 0 Å². The highest BCUT2D eigenvalue weighted by molar-refractivity contribution is 5.86. The number of anilines is 1. The lowest BCUT2D eigenvalue weighted by atomic mass is 10.3. The predicted octanol–water partition coefficient (Wildman–Crippen LogP) is 3.80. The maximum atomic E-state index is 12.0. The zero-order chi connectivity index (χ0) is 16.9. The Bertz CT molecular complexity index is 826. The third-order valence-electron chi connectivity index (χ3n) is 3.50. The molecule has 0 aliphatic rings. The van der Waals surface area contributed by atoms with Crippen LogP contribution in [0.3, 0.4) is 0 Å². The number of nitrogens with one attached hydrogen (secondary N) is 1. The van der Waals surface area contributed by atoms with Gasteiger partial charge in [0.1, 0.15) is 5.75 Å². The SMILES string of the molecule is COc1ccc(-n2ncc(OC(=O)Nc3ccccc3)c2C)cc1. The van der Waals surface area contributed by atoms with Crippen LogP contribution in [0.4, 0.5) is 10.5 Å². The fourth-order valence-corrected chi connectivity index (χ4v) is 2.24. The first-order valence-corrected chi connectivity index (χ1v) is 7.40. The van der Waals surface area contributed by atoms with E-state index in [0.29, 0.717) is 11.4 Å². The quantitative estimate of drug-likeness (QED) is 0.793. The first kappa shape index (κ1) is 15.6. The lowest BCUT2D eigenvalue weighted by molar-refractivity contribution is 0.215. The van der Waals surface area contributed by atoms with Crippen LogP contribution in [-0.2, 0) is 0 Å². The largest absolute Gasteiger partial charge is 0.497 e. The van der Waals surface area contributed by atoms with Gasteiger partial charge in [-0.2, -0.15) is 5.10 Å². The Morgan fingerprint density at radius 3 is 2.46 bits per heavy atom. The van der Waals surface area contributed by atoms with Gasteiger partial charge < -0.3 is 9.47 Å². The number of para-hydroxylation sites is 1. The summed E-state index contributed by atoms with van der Waals surface area (Å²) in [5.41, 5.74) is 2.25. The van der Waals surface area contributed by atoms with Crippen molar-refractivity contribution in [1.82, 2.24) is 9.78 Å². The van der Waals surface area contributed by atoms with Crippen LogP contribution in [0.1, 0.15) is 5.69 Å². The Balaban J connectivity index is 1.73. The molecule has 122 valence electrons. The molecule has 1 N–H and O–H groups in total. The van der Waals surface area contributed by atoms with Crippen LogP contribution >= 0.6 is 0 Å². The molecule has 6 heteroatoms. The minimum Gasteiger partial charge on any atom is -0.497 e. The van der Waals surface area contributed by atoms with Gasteiger partial charge in [-0.15, -0.1) is 0 Å². The number of carbonyl (C=O) groups is 1. The Kier molecular flexibility index (Phi) is 4.47. The van der Waals surface area contributed by atoms with Gasteiger partial charge in [-0.25, -0.2) is 9.48 Å². The van der Waals surface area contributed by atoms with Crippen molar-refractivity contribution < 1.29 is 14.3 Å². The smallest absolute Gasteiger partial charge is 0.417 e. The summed E-state index contributed by atoms with van der Waals surface area (Å²) in [7, 11) is 1.62. The van der Waals surface area contributed by atoms with Gasteiger partial charge in [0, 0.05) is 5.69 Å². The molecular formula is C18H17N3O3. The summed E-state index contributed by atoms with van der Waals surface area (Å²) in [4.78, 5) is 12.0. The molecule has 0 saturated heterocycles. The highest BCUT2D eigenvalue weighted by Crippen LogP contribution is 2.22. The highest BCUT2D eigenvalue weighted by Gasteiger charge is 2.13. The summed E-state index contributed by atoms with van der Waals surface area (Å²) in [6, 6.07) is 16.6. The lowest BCUT2D eigenvalue weighted by Gasteiger charge is -2.08. The Morgan fingerprint density at radius 1 is 1.08 bits per heavy atom. The lowest BCUT2D eigenvalue weighted by Crippen LogP contribution is -2.16. The first-order chi connectivity index (χ1) is 11.7. The predicted molar refractivity (Wildman–Crippen MR) is 90.9 cm³/mol. The second-order valence-electron chi connectivity index (χ2n) is 5.08. The Labute approximate surface area is 139 Å². The maximum absolute atomic E-state index is 12.0. The minimum atomic E-state index is -0.557. The Morgan fingerprint density at radius 2 is 1.79 bits per heavy atom. The summed E-state index contributed by atoms with van der Waals surface area (Å²) in [5, 5.41) is 6.94. The molecule has 1 heterocycles. The molecule has 0 aliphatic heterocycles. The molecule has 0 radical (unpaired) electrons. The van der Waals surface area contributed by atoms with Crippen molar-refractivity contribution >= 4 is 11.8 Å². The molecular weight excluding hydrogens is 306 g/mol. The van der Waals surface area contributed by atoms with Gasteiger partial charge in [0.25, 0.3) is 0 Å². The third kappa shape index (κ3) is 3.38. The standard InChI is InChI=1S/C18H17N3O3/c1-13-17(24-18(22)20-14-6-4-3-5-7-14)12-19-21(13)15-8-10-16(23-2)11-9-15/h3-12H,1-2H3,(H,20,22). The van der Waals surface area contributed by atoms with Crippen molar-refractivity contribution in [2.45, 2.75) is 6.92 Å². The van der Waals surface area contributed by atoms with Gasteiger partial charge in [-0.3, -0.25) is 5.32 Å². The molecule has 0 aliphatic carbocycles. The van der Waals surface area contributed by atoms with E-state index < -0.39 is 6.09 Å². The minimum absolute atomic E-state index is 0.402. The van der Waals surface area contributed by atoms with Crippen molar-refractivity contribution in [3.63, 3.8) is 0 Å². The Hall–Kier alpha value is -3.28. The van der Waals surface area contributed by atoms with Crippen LogP contribution < -0.4 is 14.8 Å². The fraction of sp³-hybridized carbons (Fsp3) is 0.111. The zero-order valence-corrected chi connectivity index (χ0v) is 13.4. The summed E-state index contributed by atoms with van der Waals surface area (Å²) in [5.74, 6) is 1.17. The molecule has 0 saturated carbocycles. The van der Waals surface area contributed by atoms with Gasteiger partial charge in [-0.1, -0.05) is 18.2 Å². The van der Waals surface area contributed by atoms with E-state index in [1.807, 2.05) is 49.4 Å². The van der Waals surface area contributed by atoms with Gasteiger partial charge in [0.05, 0.1) is 24.7 Å². The van der Waals surface area contributed by atoms with Gasteiger partial charge in [0.15, 0.2) is 5.75 Å². The topological polar surface area (TPSA) is 65.4 Å². The zero-order valence-electron chi connectivity index (χ0n) is 13.4. The first-order valence-electron chi connectivity index (χ1n) is 7.40. The van der Waals surface area contributed by atoms with E-state index in [4.69, 9.17) is 9.47 Å². The normalized spacial score (nSPS) is 10.2. The van der Waals surface area contributed by atoms with E-state index in [0.717, 1.165) is 17.1 Å². The fourth-order valence-electron chi connectivity index (χ4n) is 2.24. The number of methoxy groups -OCH3 is 1. The number of nitrogens with zero attached hydrogens (tertiary/aromatic N) is 2. The molecule has 24 heavy (non-hydrogen) atoms. The summed E-state index contributed by atoms with van der Waals surface area (Å²) in [6.45, 7) is 1.84. The molecule has 1 amide bonds. The molecule has 3 rings (SSSR count). The number of benzene rings is 2. The third-order valence-corrected chi connectivity index (χ3v) is 3.50. The molecule has 3 aromatic rings. The van der Waals surface area contributed by atoms with E-state index in [-0.39, 0.29) is 0 Å². The number of hydrogen-bond acceptors (Lipinski definition) is 4. The van der Waals surface area contributed by atoms with Crippen LogP contribution in [0.15, 0.2) is 60.8 Å². The molecule has 0 unspecified atom stereocenters. The summed E-state index contributed by atoms with van der Waals surface area (Å²) < 4.78 is 12.2. The van der Waals surface area contributed by atoms with E-state index in [2.05, 4.69) is 10.4 Å². The van der Waals surface area contributed by atoms with E-state index in [9.17, 15) is 4.79 Å². The number of hydrogen-bond donors (Lipinski definition) is 1. The molecule has 0 fully saturated rings. The molecule has 2 aromatic carbocycles. The monoisotopic (exact) mass is 323 g/mol. The van der Waals surface area contributed by atoms with E-state index in [1.165, 1.54) is 6.20 Å². The molecule has 1 aromatic heterocycles. The van der Waals surface area contributed by atoms with Crippen LogP contribution in [0.2, 0.25) is 0 Å². The number of rotatable bonds is 4. The van der Waals surface area contributed by atoms with Crippen molar-refractivity contribution in [2.75, 3.05) is 12.4 Å². The van der Waals surface area contributed by atoms with Gasteiger partial charge in [0.2, 0.25) is 0 Å². The van der Waals surface area contributed by atoms with Crippen LogP contribution in [0, 0.1) is 6.92 Å². The molecule has 0 spiro atoms. The summed E-state index contributed by atoms with van der Waals surface area (Å²) in [6.07, 6.45) is 0.961. The van der Waals surface area contributed by atoms with E-state index >= 15 is 0 Å². The second kappa shape index (κ2) is 6.87. The molecule has 6 nitrogen and oxygen atoms in total. The van der Waals surface area contributed by atoms with Crippen molar-refractivity contribution in [3.05, 3.63) is 66.5 Å². The molecule has 0 bridgehead atoms. The molecule has 0 atom stereocenters. The number of carbonyl (C=O) groups excluding carboxylic acids is 1. The number of ether oxygens (including phenoxy) is 2.